The van der Waals surface area contributed by atoms with Crippen LogP contribution < -0.4 is 5.32 Å². The van der Waals surface area contributed by atoms with Gasteiger partial charge in [-0.25, -0.2) is 0 Å². The number of aliphatic imine (C=N–C) groups is 1. The summed E-state index contributed by atoms with van der Waals surface area (Å²) in [5, 5.41) is 3.41. The van der Waals surface area contributed by atoms with Gasteiger partial charge in [0.2, 0.25) is 0 Å². The minimum Gasteiger partial charge on any atom is -0.371 e. The molecule has 3 nitrogen and oxygen atoms in total. The molecule has 0 bridgehead atoms. The molecule has 0 radical (unpaired) electrons. The summed E-state index contributed by atoms with van der Waals surface area (Å²) in [6.45, 7) is 8.76. The molecule has 0 amide bonds. The highest BCUT2D eigenvalue weighted by molar-refractivity contribution is 5.87. The highest BCUT2D eigenvalue weighted by Crippen LogP contribution is 2.18. The van der Waals surface area contributed by atoms with Gasteiger partial charge in [-0.05, 0) is 25.3 Å². The fourth-order valence-electron chi connectivity index (χ4n) is 1.84. The second kappa shape index (κ2) is 9.56. The van der Waals surface area contributed by atoms with Crippen molar-refractivity contribution in [3.8, 4) is 0 Å². The Bertz CT molecular complexity index is 362. The molecular formula is C16H26N2O. The molecule has 1 N–H and O–H groups in total. The van der Waals surface area contributed by atoms with Crippen molar-refractivity contribution in [2.24, 2.45) is 4.99 Å². The number of hydrogen-bond donors (Lipinski definition) is 1. The lowest BCUT2D eigenvalue weighted by Gasteiger charge is -2.21. The van der Waals surface area contributed by atoms with Gasteiger partial charge in [0.25, 0.3) is 0 Å². The van der Waals surface area contributed by atoms with Crippen LogP contribution in [0.3, 0.4) is 0 Å². The van der Waals surface area contributed by atoms with E-state index in [-0.39, 0.29) is 6.10 Å². The fraction of sp³-hybridized carbons (Fsp3) is 0.562. The van der Waals surface area contributed by atoms with E-state index in [1.54, 1.807) is 0 Å². The predicted molar refractivity (Wildman–Crippen MR) is 81.7 cm³/mol. The smallest absolute Gasteiger partial charge is 0.139 e. The Kier molecular flexibility index (Phi) is 7.91. The molecule has 0 heterocycles. The first-order chi connectivity index (χ1) is 9.33. The van der Waals surface area contributed by atoms with E-state index >= 15 is 0 Å². The first-order valence-corrected chi connectivity index (χ1v) is 7.28. The quantitative estimate of drug-likeness (QED) is 0.574. The highest BCUT2D eigenvalue weighted by Gasteiger charge is 2.17. The molecular weight excluding hydrogens is 236 g/mol. The molecule has 0 spiro atoms. The topological polar surface area (TPSA) is 33.6 Å². The van der Waals surface area contributed by atoms with Gasteiger partial charge in [-0.15, -0.1) is 0 Å². The lowest BCUT2D eigenvalue weighted by Crippen LogP contribution is -2.32. The zero-order valence-corrected chi connectivity index (χ0v) is 12.4. The number of ether oxygens (including phenoxy) is 1. The number of benzene rings is 1. The zero-order chi connectivity index (χ0) is 13.9. The Labute approximate surface area is 117 Å². The summed E-state index contributed by atoms with van der Waals surface area (Å²) in [5.41, 5.74) is 1.16. The van der Waals surface area contributed by atoms with Gasteiger partial charge in [0.05, 0.1) is 0 Å². The second-order valence-electron chi connectivity index (χ2n) is 4.44. The van der Waals surface area contributed by atoms with Crippen molar-refractivity contribution < 1.29 is 4.74 Å². The van der Waals surface area contributed by atoms with Gasteiger partial charge in [0, 0.05) is 19.7 Å². The van der Waals surface area contributed by atoms with Gasteiger partial charge in [-0.1, -0.05) is 44.2 Å². The van der Waals surface area contributed by atoms with Crippen LogP contribution in [-0.2, 0) is 4.74 Å². The molecule has 3 heteroatoms. The summed E-state index contributed by atoms with van der Waals surface area (Å²) < 4.78 is 5.89. The summed E-state index contributed by atoms with van der Waals surface area (Å²) in [6.07, 6.45) is 2.05. The fourth-order valence-corrected chi connectivity index (χ4v) is 1.84. The average molecular weight is 262 g/mol. The van der Waals surface area contributed by atoms with E-state index < -0.39 is 0 Å². The van der Waals surface area contributed by atoms with Gasteiger partial charge < -0.3 is 10.1 Å². The van der Waals surface area contributed by atoms with Crippen molar-refractivity contribution in [2.75, 3.05) is 19.7 Å². The Morgan fingerprint density at radius 1 is 1.16 bits per heavy atom. The van der Waals surface area contributed by atoms with E-state index in [1.165, 1.54) is 0 Å². The maximum atomic E-state index is 5.89. The molecule has 0 saturated heterocycles. The summed E-state index contributed by atoms with van der Waals surface area (Å²) in [4.78, 5) is 4.66. The molecule has 1 atom stereocenters. The summed E-state index contributed by atoms with van der Waals surface area (Å²) in [6, 6.07) is 10.3. The number of hydrogen-bond acceptors (Lipinski definition) is 2. The van der Waals surface area contributed by atoms with Crippen LogP contribution in [0.1, 0.15) is 45.3 Å². The average Bonchev–Trinajstić information content (AvgIpc) is 2.46. The normalized spacial score (nSPS) is 13.3. The van der Waals surface area contributed by atoms with Crippen LogP contribution in [0.15, 0.2) is 35.3 Å². The molecule has 19 heavy (non-hydrogen) atoms. The molecule has 0 saturated carbocycles. The van der Waals surface area contributed by atoms with Crippen LogP contribution in [0.25, 0.3) is 0 Å². The van der Waals surface area contributed by atoms with E-state index in [0.717, 1.165) is 37.3 Å². The maximum absolute atomic E-state index is 5.89. The largest absolute Gasteiger partial charge is 0.371 e. The lowest BCUT2D eigenvalue weighted by atomic mass is 10.1. The standard InChI is InChI=1S/C16H26N2O/c1-4-12-17-16(18-13-5-2)15(19-6-3)14-10-8-7-9-11-14/h7-11,15H,4-6,12-13H2,1-3H3,(H,17,18)/t15-/m1/s1. The Morgan fingerprint density at radius 3 is 2.47 bits per heavy atom. The number of nitrogens with one attached hydrogen (secondary N) is 1. The van der Waals surface area contributed by atoms with Gasteiger partial charge >= 0.3 is 0 Å². The Hall–Kier alpha value is -1.35. The third-order valence-corrected chi connectivity index (χ3v) is 2.75. The highest BCUT2D eigenvalue weighted by atomic mass is 16.5. The molecule has 106 valence electrons. The van der Waals surface area contributed by atoms with Crippen LogP contribution in [-0.4, -0.2) is 25.5 Å². The first kappa shape index (κ1) is 15.7. The van der Waals surface area contributed by atoms with Crippen LogP contribution in [0, 0.1) is 0 Å². The van der Waals surface area contributed by atoms with Crippen LogP contribution in [0.5, 0.6) is 0 Å². The third kappa shape index (κ3) is 5.43. The molecule has 0 aliphatic carbocycles. The molecule has 0 aromatic heterocycles. The number of nitrogens with zero attached hydrogens (tertiary/aromatic N) is 1. The zero-order valence-electron chi connectivity index (χ0n) is 12.4. The van der Waals surface area contributed by atoms with E-state index in [9.17, 15) is 0 Å². The van der Waals surface area contributed by atoms with Crippen LogP contribution in [0.4, 0.5) is 0 Å². The van der Waals surface area contributed by atoms with Crippen molar-refractivity contribution in [3.05, 3.63) is 35.9 Å². The van der Waals surface area contributed by atoms with Crippen molar-refractivity contribution >= 4 is 5.84 Å². The van der Waals surface area contributed by atoms with E-state index in [4.69, 9.17) is 4.74 Å². The van der Waals surface area contributed by atoms with Gasteiger partial charge in [0.15, 0.2) is 0 Å². The minimum absolute atomic E-state index is 0.0794. The van der Waals surface area contributed by atoms with Crippen molar-refractivity contribution in [1.82, 2.24) is 5.32 Å². The molecule has 0 aliphatic rings. The molecule has 0 aliphatic heterocycles. The van der Waals surface area contributed by atoms with Gasteiger partial charge in [-0.2, -0.15) is 0 Å². The molecule has 0 unspecified atom stereocenters. The maximum Gasteiger partial charge on any atom is 0.139 e. The van der Waals surface area contributed by atoms with Crippen molar-refractivity contribution in [3.63, 3.8) is 0 Å². The van der Waals surface area contributed by atoms with Crippen molar-refractivity contribution in [1.29, 1.82) is 0 Å². The summed E-state index contributed by atoms with van der Waals surface area (Å²) in [7, 11) is 0. The lowest BCUT2D eigenvalue weighted by molar-refractivity contribution is 0.107. The van der Waals surface area contributed by atoms with Crippen LogP contribution >= 0.6 is 0 Å². The van der Waals surface area contributed by atoms with E-state index in [0.29, 0.717) is 6.61 Å². The molecule has 1 rings (SSSR count). The van der Waals surface area contributed by atoms with Crippen molar-refractivity contribution in [2.45, 2.75) is 39.7 Å². The third-order valence-electron chi connectivity index (χ3n) is 2.75. The monoisotopic (exact) mass is 262 g/mol. The number of rotatable bonds is 8. The molecule has 0 fully saturated rings. The van der Waals surface area contributed by atoms with E-state index in [1.807, 2.05) is 25.1 Å². The minimum atomic E-state index is -0.0794. The molecule has 1 aromatic carbocycles. The Balaban J connectivity index is 2.91. The Morgan fingerprint density at radius 2 is 1.89 bits per heavy atom. The second-order valence-corrected chi connectivity index (χ2v) is 4.44. The van der Waals surface area contributed by atoms with Gasteiger partial charge in [0.1, 0.15) is 11.9 Å². The SMILES string of the molecule is CCCN=C(NCCC)[C@H](OCC)c1ccccc1. The number of amidine groups is 1. The summed E-state index contributed by atoms with van der Waals surface area (Å²) >= 11 is 0. The van der Waals surface area contributed by atoms with E-state index in [2.05, 4.69) is 36.3 Å². The summed E-state index contributed by atoms with van der Waals surface area (Å²) in [5.74, 6) is 0.955. The van der Waals surface area contributed by atoms with Crippen LogP contribution in [0.2, 0.25) is 0 Å². The first-order valence-electron chi connectivity index (χ1n) is 7.28. The molecule has 1 aromatic rings. The van der Waals surface area contributed by atoms with Gasteiger partial charge in [-0.3, -0.25) is 4.99 Å². The predicted octanol–water partition coefficient (Wildman–Crippen LogP) is 3.57.